The molecule has 14 heavy (non-hydrogen) atoms. The van der Waals surface area contributed by atoms with E-state index < -0.39 is 0 Å². The largest absolute Gasteiger partial charge is 0.294 e. The quantitative estimate of drug-likeness (QED) is 0.717. The van der Waals surface area contributed by atoms with Gasteiger partial charge < -0.3 is 0 Å². The fourth-order valence-corrected chi connectivity index (χ4v) is 1.66. The van der Waals surface area contributed by atoms with Crippen LogP contribution in [0.3, 0.4) is 0 Å². The van der Waals surface area contributed by atoms with E-state index in [4.69, 9.17) is 0 Å². The third-order valence-corrected chi connectivity index (χ3v) is 2.52. The first-order valence-corrected chi connectivity index (χ1v) is 4.82. The molecule has 2 rings (SSSR count). The Morgan fingerprint density at radius 3 is 3.07 bits per heavy atom. The molecule has 0 bridgehead atoms. The maximum absolute atomic E-state index is 11.7. The molecule has 74 valence electrons. The summed E-state index contributed by atoms with van der Waals surface area (Å²) in [5.41, 5.74) is 0.966. The molecule has 1 heterocycles. The van der Waals surface area contributed by atoms with Gasteiger partial charge in [0.15, 0.2) is 5.78 Å². The van der Waals surface area contributed by atoms with Crippen LogP contribution in [0, 0.1) is 0 Å². The number of allylic oxidation sites excluding steroid dienone is 2. The molecule has 1 aromatic rings. The predicted molar refractivity (Wildman–Crippen MR) is 51.6 cm³/mol. The van der Waals surface area contributed by atoms with E-state index in [1.807, 2.05) is 6.08 Å². The van der Waals surface area contributed by atoms with Crippen molar-refractivity contribution in [3.05, 3.63) is 23.8 Å². The van der Waals surface area contributed by atoms with E-state index in [0.29, 0.717) is 6.42 Å². The van der Waals surface area contributed by atoms with Crippen LogP contribution in [0.1, 0.15) is 25.1 Å². The summed E-state index contributed by atoms with van der Waals surface area (Å²) in [5, 5.41) is 3.93. The van der Waals surface area contributed by atoms with Crippen LogP contribution >= 0.6 is 0 Å². The Kier molecular flexibility index (Phi) is 2.43. The lowest BCUT2D eigenvalue weighted by molar-refractivity contribution is -0.115. The van der Waals surface area contributed by atoms with E-state index >= 15 is 0 Å². The van der Waals surface area contributed by atoms with E-state index in [9.17, 15) is 4.79 Å². The van der Waals surface area contributed by atoms with Gasteiger partial charge >= 0.3 is 0 Å². The highest BCUT2D eigenvalue weighted by Gasteiger charge is 2.15. The Hall–Kier alpha value is -1.45. The van der Waals surface area contributed by atoms with Crippen molar-refractivity contribution in [2.24, 2.45) is 7.05 Å². The van der Waals surface area contributed by atoms with Crippen LogP contribution in [0.15, 0.2) is 18.0 Å². The molecule has 0 amide bonds. The van der Waals surface area contributed by atoms with Crippen molar-refractivity contribution in [2.45, 2.75) is 25.7 Å². The van der Waals surface area contributed by atoms with Crippen LogP contribution in [-0.4, -0.2) is 20.5 Å². The number of hydrogen-bond donors (Lipinski definition) is 0. The molecular formula is C10H13N3O. The van der Waals surface area contributed by atoms with E-state index in [1.165, 1.54) is 6.33 Å². The minimum Gasteiger partial charge on any atom is -0.294 e. The van der Waals surface area contributed by atoms with Crippen molar-refractivity contribution in [3.8, 4) is 0 Å². The van der Waals surface area contributed by atoms with Gasteiger partial charge in [-0.05, 0) is 24.8 Å². The maximum atomic E-state index is 11.7. The standard InChI is InChI=1S/C10H13N3O/c1-13-10(11-7-12-13)6-9(14)8-4-2-3-5-8/h4,7H,2-3,5-6H2,1H3. The number of carbonyl (C=O) groups is 1. The number of carbonyl (C=O) groups excluding carboxylic acids is 1. The second kappa shape index (κ2) is 3.74. The molecule has 0 unspecified atom stereocenters. The smallest absolute Gasteiger partial charge is 0.166 e. The number of nitrogens with zero attached hydrogens (tertiary/aromatic N) is 3. The van der Waals surface area contributed by atoms with Crippen molar-refractivity contribution >= 4 is 5.78 Å². The van der Waals surface area contributed by atoms with Gasteiger partial charge in [0.25, 0.3) is 0 Å². The van der Waals surface area contributed by atoms with Crippen LogP contribution in [0.5, 0.6) is 0 Å². The molecule has 0 fully saturated rings. The lowest BCUT2D eigenvalue weighted by Crippen LogP contribution is -2.10. The number of aromatic nitrogens is 3. The van der Waals surface area contributed by atoms with Crippen molar-refractivity contribution in [2.75, 3.05) is 0 Å². The fraction of sp³-hybridized carbons (Fsp3) is 0.500. The summed E-state index contributed by atoms with van der Waals surface area (Å²) in [6, 6.07) is 0. The van der Waals surface area contributed by atoms with Crippen molar-refractivity contribution in [1.82, 2.24) is 14.8 Å². The third-order valence-electron chi connectivity index (χ3n) is 2.52. The molecule has 0 spiro atoms. The summed E-state index contributed by atoms with van der Waals surface area (Å²) < 4.78 is 1.65. The Morgan fingerprint density at radius 1 is 1.64 bits per heavy atom. The summed E-state index contributed by atoms with van der Waals surface area (Å²) in [6.07, 6.45) is 6.98. The molecule has 1 aliphatic carbocycles. The zero-order valence-corrected chi connectivity index (χ0v) is 8.23. The summed E-state index contributed by atoms with van der Waals surface area (Å²) in [6.45, 7) is 0. The van der Waals surface area contributed by atoms with E-state index in [0.717, 1.165) is 30.7 Å². The average Bonchev–Trinajstić information content (AvgIpc) is 2.77. The first kappa shape index (κ1) is 9.12. The van der Waals surface area contributed by atoms with Crippen LogP contribution in [0.25, 0.3) is 0 Å². The zero-order valence-electron chi connectivity index (χ0n) is 8.23. The predicted octanol–water partition coefficient (Wildman–Crippen LogP) is 1.04. The van der Waals surface area contributed by atoms with E-state index in [-0.39, 0.29) is 5.78 Å². The number of rotatable bonds is 3. The van der Waals surface area contributed by atoms with Gasteiger partial charge in [0.1, 0.15) is 12.2 Å². The Labute approximate surface area is 82.6 Å². The molecular weight excluding hydrogens is 178 g/mol. The summed E-state index contributed by atoms with van der Waals surface area (Å²) in [4.78, 5) is 15.7. The Balaban J connectivity index is 2.04. The van der Waals surface area contributed by atoms with E-state index in [2.05, 4.69) is 10.1 Å². The van der Waals surface area contributed by atoms with Gasteiger partial charge in [-0.25, -0.2) is 4.98 Å². The average molecular weight is 191 g/mol. The fourth-order valence-electron chi connectivity index (χ4n) is 1.66. The van der Waals surface area contributed by atoms with Gasteiger partial charge in [0, 0.05) is 7.05 Å². The van der Waals surface area contributed by atoms with Gasteiger partial charge in [-0.1, -0.05) is 6.08 Å². The topological polar surface area (TPSA) is 47.8 Å². The van der Waals surface area contributed by atoms with Crippen LogP contribution in [0.4, 0.5) is 0 Å². The second-order valence-corrected chi connectivity index (χ2v) is 3.52. The highest BCUT2D eigenvalue weighted by molar-refractivity contribution is 5.96. The molecule has 1 aliphatic rings. The first-order valence-electron chi connectivity index (χ1n) is 4.82. The Bertz CT molecular complexity index is 378. The monoisotopic (exact) mass is 191 g/mol. The number of hydrogen-bond acceptors (Lipinski definition) is 3. The van der Waals surface area contributed by atoms with Gasteiger partial charge in [-0.15, -0.1) is 0 Å². The molecule has 0 saturated carbocycles. The molecule has 0 aliphatic heterocycles. The lowest BCUT2D eigenvalue weighted by atomic mass is 10.1. The molecule has 0 atom stereocenters. The molecule has 1 aromatic heterocycles. The third kappa shape index (κ3) is 1.73. The number of Topliss-reactive ketones (excluding diaryl/α,β-unsaturated/α-hetero) is 1. The van der Waals surface area contributed by atoms with Crippen LogP contribution in [0.2, 0.25) is 0 Å². The number of ketones is 1. The molecule has 4 heteroatoms. The maximum Gasteiger partial charge on any atom is 0.166 e. The van der Waals surface area contributed by atoms with Crippen LogP contribution < -0.4 is 0 Å². The molecule has 4 nitrogen and oxygen atoms in total. The normalized spacial score (nSPS) is 15.6. The summed E-state index contributed by atoms with van der Waals surface area (Å²) in [7, 11) is 1.80. The highest BCUT2D eigenvalue weighted by Crippen LogP contribution is 2.19. The van der Waals surface area contributed by atoms with Crippen molar-refractivity contribution in [1.29, 1.82) is 0 Å². The minimum atomic E-state index is 0.193. The van der Waals surface area contributed by atoms with E-state index in [1.54, 1.807) is 11.7 Å². The second-order valence-electron chi connectivity index (χ2n) is 3.52. The van der Waals surface area contributed by atoms with Gasteiger partial charge in [0.05, 0.1) is 6.42 Å². The first-order chi connectivity index (χ1) is 6.77. The molecule has 0 N–H and O–H groups in total. The van der Waals surface area contributed by atoms with Gasteiger partial charge in [-0.2, -0.15) is 5.10 Å². The van der Waals surface area contributed by atoms with Crippen LogP contribution in [-0.2, 0) is 18.3 Å². The molecule has 0 radical (unpaired) electrons. The Morgan fingerprint density at radius 2 is 2.50 bits per heavy atom. The summed E-state index contributed by atoms with van der Waals surface area (Å²) in [5.74, 6) is 0.932. The zero-order chi connectivity index (χ0) is 9.97. The minimum absolute atomic E-state index is 0.193. The summed E-state index contributed by atoms with van der Waals surface area (Å²) >= 11 is 0. The SMILES string of the molecule is Cn1ncnc1CC(=O)C1=CCCC1. The number of aryl methyl sites for hydroxylation is 1. The lowest BCUT2D eigenvalue weighted by Gasteiger charge is -2.00. The van der Waals surface area contributed by atoms with Gasteiger partial charge in [-0.3, -0.25) is 9.48 Å². The highest BCUT2D eigenvalue weighted by atomic mass is 16.1. The van der Waals surface area contributed by atoms with Gasteiger partial charge in [0.2, 0.25) is 0 Å². The molecule has 0 saturated heterocycles. The molecule has 0 aromatic carbocycles. The van der Waals surface area contributed by atoms with Crippen molar-refractivity contribution < 1.29 is 4.79 Å². The van der Waals surface area contributed by atoms with Crippen molar-refractivity contribution in [3.63, 3.8) is 0 Å².